The fourth-order valence-corrected chi connectivity index (χ4v) is 3.01. The molecule has 2 aromatic carbocycles. The summed E-state index contributed by atoms with van der Waals surface area (Å²) >= 11 is 0. The van der Waals surface area contributed by atoms with Gasteiger partial charge in [-0.1, -0.05) is 69.5 Å². The summed E-state index contributed by atoms with van der Waals surface area (Å²) in [6.45, 7) is 6.11. The van der Waals surface area contributed by atoms with E-state index >= 15 is 0 Å². The monoisotopic (exact) mass is 316 g/mol. The van der Waals surface area contributed by atoms with E-state index in [9.17, 15) is 8.78 Å². The van der Waals surface area contributed by atoms with E-state index in [-0.39, 0.29) is 0 Å². The van der Waals surface area contributed by atoms with E-state index in [4.69, 9.17) is 0 Å². The highest BCUT2D eigenvalue weighted by Gasteiger charge is 2.12. The van der Waals surface area contributed by atoms with E-state index < -0.39 is 11.6 Å². The van der Waals surface area contributed by atoms with Gasteiger partial charge in [0.25, 0.3) is 0 Å². The van der Waals surface area contributed by atoms with Crippen molar-refractivity contribution in [2.75, 3.05) is 0 Å². The van der Waals surface area contributed by atoms with Crippen molar-refractivity contribution in [3.8, 4) is 11.1 Å². The maximum atomic E-state index is 14.0. The molecule has 0 spiro atoms. The maximum Gasteiger partial charge on any atom is 0.166 e. The van der Waals surface area contributed by atoms with Crippen LogP contribution in [0.2, 0.25) is 0 Å². The Morgan fingerprint density at radius 1 is 0.913 bits per heavy atom. The van der Waals surface area contributed by atoms with Gasteiger partial charge in [-0.05, 0) is 42.4 Å². The Hall–Kier alpha value is -1.70. The van der Waals surface area contributed by atoms with Crippen molar-refractivity contribution in [2.45, 2.75) is 52.9 Å². The molecule has 124 valence electrons. The van der Waals surface area contributed by atoms with Crippen LogP contribution in [0.4, 0.5) is 8.78 Å². The van der Waals surface area contributed by atoms with Crippen LogP contribution in [0.15, 0.2) is 36.4 Å². The fourth-order valence-electron chi connectivity index (χ4n) is 3.01. The zero-order chi connectivity index (χ0) is 16.8. The molecule has 0 nitrogen and oxygen atoms in total. The molecule has 0 fully saturated rings. The lowest BCUT2D eigenvalue weighted by molar-refractivity contribution is 0.469. The van der Waals surface area contributed by atoms with Crippen LogP contribution in [0.3, 0.4) is 0 Å². The lowest BCUT2D eigenvalue weighted by Crippen LogP contribution is -1.96. The number of benzene rings is 2. The Kier molecular flexibility index (Phi) is 6.32. The molecule has 2 aromatic rings. The highest BCUT2D eigenvalue weighted by atomic mass is 19.2. The average Bonchev–Trinajstić information content (AvgIpc) is 2.54. The summed E-state index contributed by atoms with van der Waals surface area (Å²) < 4.78 is 27.7. The van der Waals surface area contributed by atoms with Crippen molar-refractivity contribution >= 4 is 0 Å². The second-order valence-corrected chi connectivity index (χ2v) is 6.54. The summed E-state index contributed by atoms with van der Waals surface area (Å²) in [6, 6.07) is 11.1. The minimum absolute atomic E-state index is 0.330. The lowest BCUT2D eigenvalue weighted by atomic mass is 9.96. The summed E-state index contributed by atoms with van der Waals surface area (Å²) in [5, 5.41) is 0. The van der Waals surface area contributed by atoms with Crippen LogP contribution < -0.4 is 0 Å². The summed E-state index contributed by atoms with van der Waals surface area (Å²) in [5.41, 5.74) is 2.65. The molecule has 23 heavy (non-hydrogen) atoms. The topological polar surface area (TPSA) is 0 Å². The van der Waals surface area contributed by atoms with E-state index in [1.807, 2.05) is 24.3 Å². The Balaban J connectivity index is 2.01. The molecule has 0 heterocycles. The number of hydrogen-bond acceptors (Lipinski definition) is 0. The van der Waals surface area contributed by atoms with E-state index in [1.165, 1.54) is 31.2 Å². The predicted octanol–water partition coefficient (Wildman–Crippen LogP) is 6.70. The first-order valence-corrected chi connectivity index (χ1v) is 8.56. The van der Waals surface area contributed by atoms with Gasteiger partial charge in [-0.15, -0.1) is 0 Å². The molecule has 0 aliphatic heterocycles. The van der Waals surface area contributed by atoms with E-state index in [0.29, 0.717) is 11.1 Å². The molecule has 0 aliphatic rings. The van der Waals surface area contributed by atoms with Crippen molar-refractivity contribution in [2.24, 2.45) is 5.92 Å². The first-order chi connectivity index (χ1) is 11.0. The molecule has 0 amide bonds. The van der Waals surface area contributed by atoms with Gasteiger partial charge in [0, 0.05) is 5.56 Å². The van der Waals surface area contributed by atoms with Crippen LogP contribution in [0.1, 0.15) is 50.7 Å². The molecule has 2 rings (SSSR count). The summed E-state index contributed by atoms with van der Waals surface area (Å²) in [5.74, 6) is -0.730. The molecule has 0 bridgehead atoms. The minimum atomic E-state index is -0.758. The second-order valence-electron chi connectivity index (χ2n) is 6.54. The summed E-state index contributed by atoms with van der Waals surface area (Å²) in [6.07, 6.45) is 5.99. The zero-order valence-corrected chi connectivity index (χ0v) is 14.3. The van der Waals surface area contributed by atoms with Gasteiger partial charge in [0.15, 0.2) is 11.6 Å². The van der Waals surface area contributed by atoms with Crippen LogP contribution in [0, 0.1) is 24.5 Å². The normalized spacial score (nSPS) is 12.4. The van der Waals surface area contributed by atoms with Crippen LogP contribution in [-0.2, 0) is 6.42 Å². The molecule has 0 N–H and O–H groups in total. The molecule has 0 aromatic heterocycles. The lowest BCUT2D eigenvalue weighted by Gasteiger charge is -2.10. The van der Waals surface area contributed by atoms with Gasteiger partial charge in [-0.2, -0.15) is 0 Å². The van der Waals surface area contributed by atoms with Crippen molar-refractivity contribution in [3.63, 3.8) is 0 Å². The number of aryl methyl sites for hydroxylation is 2. The SMILES string of the molecule is CCCC(C)CCCc1ccc(-c2ccc(C)c(F)c2F)cc1. The largest absolute Gasteiger partial charge is 0.203 e. The Morgan fingerprint density at radius 3 is 2.26 bits per heavy atom. The molecule has 0 saturated carbocycles. The Labute approximate surface area is 138 Å². The van der Waals surface area contributed by atoms with Gasteiger partial charge in [-0.25, -0.2) is 8.78 Å². The van der Waals surface area contributed by atoms with Crippen LogP contribution in [0.5, 0.6) is 0 Å². The van der Waals surface area contributed by atoms with Crippen molar-refractivity contribution in [3.05, 3.63) is 59.2 Å². The molecule has 0 radical (unpaired) electrons. The van der Waals surface area contributed by atoms with Gasteiger partial charge < -0.3 is 0 Å². The van der Waals surface area contributed by atoms with E-state index in [1.54, 1.807) is 19.1 Å². The van der Waals surface area contributed by atoms with Crippen molar-refractivity contribution in [1.29, 1.82) is 0 Å². The van der Waals surface area contributed by atoms with Gasteiger partial charge in [-0.3, -0.25) is 0 Å². The number of halogens is 2. The van der Waals surface area contributed by atoms with Crippen molar-refractivity contribution in [1.82, 2.24) is 0 Å². The van der Waals surface area contributed by atoms with Gasteiger partial charge >= 0.3 is 0 Å². The fraction of sp³-hybridized carbons (Fsp3) is 0.429. The van der Waals surface area contributed by atoms with Crippen LogP contribution in [-0.4, -0.2) is 0 Å². The summed E-state index contributed by atoms with van der Waals surface area (Å²) in [4.78, 5) is 0. The molecule has 1 atom stereocenters. The highest BCUT2D eigenvalue weighted by Crippen LogP contribution is 2.26. The third-order valence-corrected chi connectivity index (χ3v) is 4.48. The second kappa shape index (κ2) is 8.24. The third kappa shape index (κ3) is 4.63. The minimum Gasteiger partial charge on any atom is -0.203 e. The molecule has 1 unspecified atom stereocenters. The highest BCUT2D eigenvalue weighted by molar-refractivity contribution is 5.65. The predicted molar refractivity (Wildman–Crippen MR) is 93.5 cm³/mol. The Bertz CT molecular complexity index is 629. The maximum absolute atomic E-state index is 14.0. The van der Waals surface area contributed by atoms with Crippen LogP contribution in [0.25, 0.3) is 11.1 Å². The van der Waals surface area contributed by atoms with Gasteiger partial charge in [0.2, 0.25) is 0 Å². The first kappa shape index (κ1) is 17.7. The summed E-state index contributed by atoms with van der Waals surface area (Å²) in [7, 11) is 0. The zero-order valence-electron chi connectivity index (χ0n) is 14.3. The molecular formula is C21H26F2. The van der Waals surface area contributed by atoms with Crippen LogP contribution >= 0.6 is 0 Å². The van der Waals surface area contributed by atoms with E-state index in [2.05, 4.69) is 13.8 Å². The first-order valence-electron chi connectivity index (χ1n) is 8.56. The van der Waals surface area contributed by atoms with Gasteiger partial charge in [0.1, 0.15) is 0 Å². The molecular weight excluding hydrogens is 290 g/mol. The van der Waals surface area contributed by atoms with Crippen molar-refractivity contribution < 1.29 is 8.78 Å². The molecule has 0 aliphatic carbocycles. The molecule has 0 saturated heterocycles. The molecule has 2 heteroatoms. The number of hydrogen-bond donors (Lipinski definition) is 0. The number of rotatable bonds is 7. The Morgan fingerprint density at radius 2 is 1.61 bits per heavy atom. The quantitative estimate of drug-likeness (QED) is 0.533. The third-order valence-electron chi connectivity index (χ3n) is 4.48. The average molecular weight is 316 g/mol. The standard InChI is InChI=1S/C21H26F2/c1-4-6-15(2)7-5-8-17-10-12-18(13-11-17)19-14-9-16(3)20(22)21(19)23/h9-15H,4-8H2,1-3H3. The van der Waals surface area contributed by atoms with E-state index in [0.717, 1.165) is 17.9 Å². The smallest absolute Gasteiger partial charge is 0.166 e. The van der Waals surface area contributed by atoms with Gasteiger partial charge in [0.05, 0.1) is 0 Å².